The van der Waals surface area contributed by atoms with Gasteiger partial charge < -0.3 is 14.6 Å². The van der Waals surface area contributed by atoms with E-state index >= 15 is 0 Å². The molecular weight excluding hydrogens is 292 g/mol. The van der Waals surface area contributed by atoms with E-state index in [0.717, 1.165) is 31.8 Å². The van der Waals surface area contributed by atoms with Crippen LogP contribution >= 0.6 is 0 Å². The molecular formula is C17H20N4O2. The number of rotatable bonds is 5. The topological polar surface area (TPSA) is 69.0 Å². The van der Waals surface area contributed by atoms with Gasteiger partial charge in [-0.1, -0.05) is 0 Å². The van der Waals surface area contributed by atoms with E-state index in [9.17, 15) is 4.79 Å². The van der Waals surface area contributed by atoms with E-state index in [1.54, 1.807) is 18.3 Å². The third-order valence-corrected chi connectivity index (χ3v) is 4.43. The lowest BCUT2D eigenvalue weighted by Gasteiger charge is -2.24. The number of amides is 1. The molecule has 1 aliphatic carbocycles. The van der Waals surface area contributed by atoms with Gasteiger partial charge in [0.05, 0.1) is 12.2 Å². The lowest BCUT2D eigenvalue weighted by atomic mass is 10.1. The smallest absolute Gasteiger partial charge is 0.253 e. The molecule has 0 radical (unpaired) electrons. The standard InChI is InChI=1S/C17H20N4O2/c22-17(20-14-4-5-15-18-7-8-21(15)10-14)13-3-6-16(19-9-13)23-11-12-1-2-12/h3,6-9,12,14H,1-2,4-5,10-11H2,(H,20,22)/t14-/m0/s1. The van der Waals surface area contributed by atoms with Gasteiger partial charge in [0.15, 0.2) is 0 Å². The number of hydrogen-bond donors (Lipinski definition) is 1. The Kier molecular flexibility index (Phi) is 3.73. The van der Waals surface area contributed by atoms with Crippen molar-refractivity contribution in [2.45, 2.75) is 38.3 Å². The van der Waals surface area contributed by atoms with E-state index in [1.807, 2.05) is 12.4 Å². The predicted molar refractivity (Wildman–Crippen MR) is 84.3 cm³/mol. The van der Waals surface area contributed by atoms with Gasteiger partial charge >= 0.3 is 0 Å². The van der Waals surface area contributed by atoms with Gasteiger partial charge in [-0.3, -0.25) is 4.79 Å². The summed E-state index contributed by atoms with van der Waals surface area (Å²) in [7, 11) is 0. The number of carbonyl (C=O) groups is 1. The molecule has 1 amide bonds. The minimum Gasteiger partial charge on any atom is -0.477 e. The number of nitrogens with zero attached hydrogens (tertiary/aromatic N) is 3. The summed E-state index contributed by atoms with van der Waals surface area (Å²) in [6.45, 7) is 1.50. The SMILES string of the molecule is O=C(N[C@H]1CCc2nccn2C1)c1ccc(OCC2CC2)nc1. The molecule has 1 atom stereocenters. The largest absolute Gasteiger partial charge is 0.477 e. The molecule has 0 unspecified atom stereocenters. The van der Waals surface area contributed by atoms with Crippen LogP contribution in [-0.2, 0) is 13.0 Å². The minimum absolute atomic E-state index is 0.0835. The zero-order valence-electron chi connectivity index (χ0n) is 12.9. The number of imidazole rings is 1. The quantitative estimate of drug-likeness (QED) is 0.914. The first-order chi connectivity index (χ1) is 11.3. The van der Waals surface area contributed by atoms with Crippen LogP contribution in [0, 0.1) is 5.92 Å². The van der Waals surface area contributed by atoms with E-state index in [4.69, 9.17) is 4.74 Å². The lowest BCUT2D eigenvalue weighted by Crippen LogP contribution is -2.40. The Balaban J connectivity index is 1.33. The highest BCUT2D eigenvalue weighted by Crippen LogP contribution is 2.29. The van der Waals surface area contributed by atoms with Crippen LogP contribution in [0.3, 0.4) is 0 Å². The fourth-order valence-electron chi connectivity index (χ4n) is 2.84. The van der Waals surface area contributed by atoms with Crippen molar-refractivity contribution in [1.29, 1.82) is 0 Å². The van der Waals surface area contributed by atoms with Crippen LogP contribution in [0.25, 0.3) is 0 Å². The first kappa shape index (κ1) is 14.2. The minimum atomic E-state index is -0.0835. The van der Waals surface area contributed by atoms with Crippen LogP contribution in [0.5, 0.6) is 5.88 Å². The van der Waals surface area contributed by atoms with E-state index in [1.165, 1.54) is 12.8 Å². The third kappa shape index (κ3) is 3.36. The average Bonchev–Trinajstić information content (AvgIpc) is 3.29. The Bertz CT molecular complexity index is 691. The van der Waals surface area contributed by atoms with Gasteiger partial charge in [-0.15, -0.1) is 0 Å². The number of carbonyl (C=O) groups excluding carboxylic acids is 1. The monoisotopic (exact) mass is 312 g/mol. The predicted octanol–water partition coefficient (Wildman–Crippen LogP) is 1.81. The molecule has 4 rings (SSSR count). The number of pyridine rings is 1. The Labute approximate surface area is 134 Å². The maximum absolute atomic E-state index is 12.3. The summed E-state index contributed by atoms with van der Waals surface area (Å²) in [5.74, 6) is 2.29. The Morgan fingerprint density at radius 1 is 1.30 bits per heavy atom. The van der Waals surface area contributed by atoms with E-state index in [2.05, 4.69) is 19.9 Å². The van der Waals surface area contributed by atoms with E-state index in [-0.39, 0.29) is 11.9 Å². The summed E-state index contributed by atoms with van der Waals surface area (Å²) in [5, 5.41) is 3.08. The van der Waals surface area contributed by atoms with Crippen LogP contribution in [-0.4, -0.2) is 33.1 Å². The molecule has 2 aromatic rings. The van der Waals surface area contributed by atoms with Gasteiger partial charge in [0.25, 0.3) is 5.91 Å². The van der Waals surface area contributed by atoms with Crippen molar-refractivity contribution in [3.05, 3.63) is 42.1 Å². The number of hydrogen-bond acceptors (Lipinski definition) is 4. The van der Waals surface area contributed by atoms with Crippen molar-refractivity contribution in [1.82, 2.24) is 19.9 Å². The molecule has 120 valence electrons. The zero-order chi connectivity index (χ0) is 15.6. The molecule has 1 saturated carbocycles. The molecule has 0 saturated heterocycles. The number of fused-ring (bicyclic) bond motifs is 1. The van der Waals surface area contributed by atoms with E-state index < -0.39 is 0 Å². The van der Waals surface area contributed by atoms with Gasteiger partial charge in [-0.2, -0.15) is 0 Å². The molecule has 0 spiro atoms. The second-order valence-electron chi connectivity index (χ2n) is 6.34. The van der Waals surface area contributed by atoms with Crippen LogP contribution in [0.15, 0.2) is 30.7 Å². The molecule has 3 heterocycles. The highest BCUT2D eigenvalue weighted by molar-refractivity contribution is 5.94. The first-order valence-corrected chi connectivity index (χ1v) is 8.17. The molecule has 0 aromatic carbocycles. The number of aryl methyl sites for hydroxylation is 1. The maximum Gasteiger partial charge on any atom is 0.253 e. The Morgan fingerprint density at radius 3 is 3.00 bits per heavy atom. The Morgan fingerprint density at radius 2 is 2.22 bits per heavy atom. The van der Waals surface area contributed by atoms with Crippen molar-refractivity contribution in [2.75, 3.05) is 6.61 Å². The Hall–Kier alpha value is -2.37. The summed E-state index contributed by atoms with van der Waals surface area (Å²) >= 11 is 0. The third-order valence-electron chi connectivity index (χ3n) is 4.43. The second-order valence-corrected chi connectivity index (χ2v) is 6.34. The van der Waals surface area contributed by atoms with Crippen LogP contribution in [0.4, 0.5) is 0 Å². The van der Waals surface area contributed by atoms with Crippen molar-refractivity contribution >= 4 is 5.91 Å². The fourth-order valence-corrected chi connectivity index (χ4v) is 2.84. The zero-order valence-corrected chi connectivity index (χ0v) is 12.9. The molecule has 1 fully saturated rings. The van der Waals surface area contributed by atoms with Crippen molar-refractivity contribution in [3.8, 4) is 5.88 Å². The van der Waals surface area contributed by atoms with Crippen molar-refractivity contribution in [3.63, 3.8) is 0 Å². The van der Waals surface area contributed by atoms with Gasteiger partial charge in [0.2, 0.25) is 5.88 Å². The normalized spacial score (nSPS) is 19.9. The molecule has 2 aromatic heterocycles. The molecule has 0 bridgehead atoms. The fraction of sp³-hybridized carbons (Fsp3) is 0.471. The maximum atomic E-state index is 12.3. The van der Waals surface area contributed by atoms with Crippen LogP contribution in [0.2, 0.25) is 0 Å². The molecule has 6 nitrogen and oxygen atoms in total. The number of aromatic nitrogens is 3. The summed E-state index contributed by atoms with van der Waals surface area (Å²) < 4.78 is 7.69. The van der Waals surface area contributed by atoms with Crippen LogP contribution in [0.1, 0.15) is 35.4 Å². The second kappa shape index (κ2) is 6.02. The highest BCUT2D eigenvalue weighted by Gasteiger charge is 2.23. The first-order valence-electron chi connectivity index (χ1n) is 8.17. The summed E-state index contributed by atoms with van der Waals surface area (Å²) in [4.78, 5) is 20.9. The van der Waals surface area contributed by atoms with Gasteiger partial charge in [-0.25, -0.2) is 9.97 Å². The average molecular weight is 312 g/mol. The summed E-state index contributed by atoms with van der Waals surface area (Å²) in [6.07, 6.45) is 9.66. The highest BCUT2D eigenvalue weighted by atomic mass is 16.5. The van der Waals surface area contributed by atoms with Gasteiger partial charge in [0.1, 0.15) is 5.82 Å². The molecule has 6 heteroatoms. The lowest BCUT2D eigenvalue weighted by molar-refractivity contribution is 0.0927. The molecule has 1 N–H and O–H groups in total. The van der Waals surface area contributed by atoms with Crippen LogP contribution < -0.4 is 10.1 Å². The van der Waals surface area contributed by atoms with Gasteiger partial charge in [0, 0.05) is 43.7 Å². The summed E-state index contributed by atoms with van der Waals surface area (Å²) in [5.41, 5.74) is 0.570. The molecule has 23 heavy (non-hydrogen) atoms. The van der Waals surface area contributed by atoms with Crippen molar-refractivity contribution < 1.29 is 9.53 Å². The number of ether oxygens (including phenoxy) is 1. The van der Waals surface area contributed by atoms with E-state index in [0.29, 0.717) is 17.4 Å². The van der Waals surface area contributed by atoms with Crippen molar-refractivity contribution in [2.24, 2.45) is 5.92 Å². The van der Waals surface area contributed by atoms with Gasteiger partial charge in [-0.05, 0) is 31.2 Å². The number of nitrogens with one attached hydrogen (secondary N) is 1. The molecule has 2 aliphatic rings. The molecule has 1 aliphatic heterocycles. The summed E-state index contributed by atoms with van der Waals surface area (Å²) in [6, 6.07) is 3.68.